The zero-order valence-corrected chi connectivity index (χ0v) is 18.1. The molecule has 2 aromatic carbocycles. The molecule has 0 saturated heterocycles. The Bertz CT molecular complexity index is 831. The molecule has 0 N–H and O–H groups in total. The summed E-state index contributed by atoms with van der Waals surface area (Å²) < 4.78 is 1.12. The van der Waals surface area contributed by atoms with Gasteiger partial charge in [-0.25, -0.2) is 4.98 Å². The molecule has 150 valence electrons. The topological polar surface area (TPSA) is 36.4 Å². The van der Waals surface area contributed by atoms with Crippen molar-refractivity contribution >= 4 is 45.0 Å². The third-order valence-corrected chi connectivity index (χ3v) is 5.88. The van der Waals surface area contributed by atoms with Gasteiger partial charge in [0.15, 0.2) is 5.13 Å². The van der Waals surface area contributed by atoms with E-state index in [4.69, 9.17) is 4.98 Å². The highest BCUT2D eigenvalue weighted by molar-refractivity contribution is 7.22. The Balaban J connectivity index is 0.00000280. The summed E-state index contributed by atoms with van der Waals surface area (Å²) in [6.07, 6.45) is 1.25. The number of hydrogen-bond acceptors (Lipinski definition) is 4. The van der Waals surface area contributed by atoms with E-state index < -0.39 is 0 Å². The molecule has 0 aliphatic heterocycles. The van der Waals surface area contributed by atoms with Gasteiger partial charge in [0.1, 0.15) is 0 Å². The Hall–Kier alpha value is -1.95. The first-order valence-corrected chi connectivity index (χ1v) is 10.4. The number of halogens is 1. The second-order valence-corrected chi connectivity index (χ2v) is 7.53. The highest BCUT2D eigenvalue weighted by Crippen LogP contribution is 2.29. The lowest BCUT2D eigenvalue weighted by atomic mass is 10.1. The predicted molar refractivity (Wildman–Crippen MR) is 122 cm³/mol. The number of likely N-dealkylation sites (N-methyl/N-ethyl adjacent to an activating group) is 1. The number of para-hydroxylation sites is 1. The molecule has 1 amide bonds. The van der Waals surface area contributed by atoms with Crippen LogP contribution in [-0.2, 0) is 11.2 Å². The quantitative estimate of drug-likeness (QED) is 0.490. The van der Waals surface area contributed by atoms with Crippen LogP contribution in [-0.4, -0.2) is 42.0 Å². The van der Waals surface area contributed by atoms with Gasteiger partial charge < -0.3 is 4.90 Å². The number of benzene rings is 2. The van der Waals surface area contributed by atoms with Crippen LogP contribution in [0.25, 0.3) is 10.2 Å². The Labute approximate surface area is 177 Å². The minimum absolute atomic E-state index is 0. The predicted octanol–water partition coefficient (Wildman–Crippen LogP) is 5.03. The van der Waals surface area contributed by atoms with Gasteiger partial charge in [0.2, 0.25) is 5.91 Å². The molecule has 0 atom stereocenters. The number of aryl methyl sites for hydroxylation is 1. The summed E-state index contributed by atoms with van der Waals surface area (Å²) in [6.45, 7) is 7.82. The van der Waals surface area contributed by atoms with Gasteiger partial charge in [0, 0.05) is 19.5 Å². The zero-order valence-electron chi connectivity index (χ0n) is 16.5. The summed E-state index contributed by atoms with van der Waals surface area (Å²) in [4.78, 5) is 22.0. The van der Waals surface area contributed by atoms with Crippen molar-refractivity contribution in [3.8, 4) is 0 Å². The molecule has 0 aliphatic rings. The number of fused-ring (bicyclic) bond motifs is 1. The number of nitrogens with zero attached hydrogens (tertiary/aromatic N) is 3. The highest BCUT2D eigenvalue weighted by atomic mass is 35.5. The van der Waals surface area contributed by atoms with Crippen molar-refractivity contribution in [2.24, 2.45) is 0 Å². The van der Waals surface area contributed by atoms with E-state index in [9.17, 15) is 4.79 Å². The molecule has 4 nitrogen and oxygen atoms in total. The maximum absolute atomic E-state index is 13.1. The van der Waals surface area contributed by atoms with E-state index in [0.29, 0.717) is 13.0 Å². The Kier molecular flexibility index (Phi) is 8.90. The molecule has 1 heterocycles. The molecular formula is C22H28ClN3OS. The van der Waals surface area contributed by atoms with Crippen molar-refractivity contribution in [1.29, 1.82) is 0 Å². The summed E-state index contributed by atoms with van der Waals surface area (Å²) in [7, 11) is 0. The first kappa shape index (κ1) is 22.3. The van der Waals surface area contributed by atoms with Gasteiger partial charge in [-0.1, -0.05) is 67.6 Å². The van der Waals surface area contributed by atoms with E-state index in [1.807, 2.05) is 41.3 Å². The second kappa shape index (κ2) is 11.1. The molecule has 28 heavy (non-hydrogen) atoms. The Morgan fingerprint density at radius 3 is 2.32 bits per heavy atom. The van der Waals surface area contributed by atoms with Crippen LogP contribution in [0.15, 0.2) is 54.6 Å². The second-order valence-electron chi connectivity index (χ2n) is 6.52. The van der Waals surface area contributed by atoms with Crippen LogP contribution in [0.3, 0.4) is 0 Å². The van der Waals surface area contributed by atoms with Gasteiger partial charge in [0.25, 0.3) is 0 Å². The SMILES string of the molecule is CCN(CC)CCN(C(=O)CCc1ccccc1)c1nc2ccccc2s1.Cl. The third kappa shape index (κ3) is 5.77. The first-order chi connectivity index (χ1) is 13.2. The standard InChI is InChI=1S/C22H27N3OS.ClH/c1-3-24(4-2)16-17-25(21(26)15-14-18-10-6-5-7-11-18)22-23-19-12-8-9-13-20(19)27-22;/h5-13H,3-4,14-17H2,1-2H3;1H. The van der Waals surface area contributed by atoms with Crippen LogP contribution < -0.4 is 4.90 Å². The molecule has 0 fully saturated rings. The number of amides is 1. The van der Waals surface area contributed by atoms with E-state index in [2.05, 4.69) is 36.9 Å². The Morgan fingerprint density at radius 2 is 1.64 bits per heavy atom. The molecular weight excluding hydrogens is 390 g/mol. The van der Waals surface area contributed by atoms with Gasteiger partial charge in [-0.15, -0.1) is 12.4 Å². The third-order valence-electron chi connectivity index (χ3n) is 4.82. The van der Waals surface area contributed by atoms with Crippen molar-refractivity contribution in [1.82, 2.24) is 9.88 Å². The van der Waals surface area contributed by atoms with Crippen molar-refractivity contribution in [3.63, 3.8) is 0 Å². The van der Waals surface area contributed by atoms with E-state index in [-0.39, 0.29) is 18.3 Å². The van der Waals surface area contributed by atoms with Gasteiger partial charge in [-0.2, -0.15) is 0 Å². The van der Waals surface area contributed by atoms with Gasteiger partial charge in [-0.05, 0) is 37.2 Å². The average Bonchev–Trinajstić information content (AvgIpc) is 3.14. The molecule has 3 aromatic rings. The Morgan fingerprint density at radius 1 is 0.964 bits per heavy atom. The maximum atomic E-state index is 13.1. The normalized spacial score (nSPS) is 10.8. The smallest absolute Gasteiger partial charge is 0.229 e. The summed E-state index contributed by atoms with van der Waals surface area (Å²) >= 11 is 1.60. The van der Waals surface area contributed by atoms with Crippen molar-refractivity contribution in [2.75, 3.05) is 31.1 Å². The largest absolute Gasteiger partial charge is 0.302 e. The highest BCUT2D eigenvalue weighted by Gasteiger charge is 2.20. The lowest BCUT2D eigenvalue weighted by Crippen LogP contribution is -2.39. The molecule has 0 unspecified atom stereocenters. The maximum Gasteiger partial charge on any atom is 0.229 e. The van der Waals surface area contributed by atoms with E-state index in [1.165, 1.54) is 5.56 Å². The lowest BCUT2D eigenvalue weighted by Gasteiger charge is -2.24. The number of rotatable bonds is 9. The molecule has 0 aliphatic carbocycles. The summed E-state index contributed by atoms with van der Waals surface area (Å²) in [5.74, 6) is 0.144. The lowest BCUT2D eigenvalue weighted by molar-refractivity contribution is -0.118. The minimum atomic E-state index is 0. The molecule has 0 radical (unpaired) electrons. The van der Waals surface area contributed by atoms with Crippen LogP contribution in [0.4, 0.5) is 5.13 Å². The van der Waals surface area contributed by atoms with Crippen LogP contribution in [0, 0.1) is 0 Å². The fraction of sp³-hybridized carbons (Fsp3) is 0.364. The van der Waals surface area contributed by atoms with Crippen LogP contribution >= 0.6 is 23.7 Å². The van der Waals surface area contributed by atoms with Crippen molar-refractivity contribution in [3.05, 3.63) is 60.2 Å². The summed E-state index contributed by atoms with van der Waals surface area (Å²) in [5.41, 5.74) is 2.15. The van der Waals surface area contributed by atoms with Gasteiger partial charge in [0.05, 0.1) is 10.2 Å². The number of anilines is 1. The number of aromatic nitrogens is 1. The van der Waals surface area contributed by atoms with E-state index >= 15 is 0 Å². The molecule has 6 heteroatoms. The van der Waals surface area contributed by atoms with Crippen LogP contribution in [0.1, 0.15) is 25.8 Å². The molecule has 1 aromatic heterocycles. The number of thiazole rings is 1. The van der Waals surface area contributed by atoms with Crippen molar-refractivity contribution < 1.29 is 4.79 Å². The fourth-order valence-electron chi connectivity index (χ4n) is 3.11. The molecule has 0 spiro atoms. The number of hydrogen-bond donors (Lipinski definition) is 0. The van der Waals surface area contributed by atoms with Crippen LogP contribution in [0.5, 0.6) is 0 Å². The monoisotopic (exact) mass is 417 g/mol. The molecule has 0 saturated carbocycles. The van der Waals surface area contributed by atoms with E-state index in [0.717, 1.165) is 41.4 Å². The van der Waals surface area contributed by atoms with Gasteiger partial charge in [-0.3, -0.25) is 9.69 Å². The molecule has 3 rings (SSSR count). The first-order valence-electron chi connectivity index (χ1n) is 9.63. The fourth-order valence-corrected chi connectivity index (χ4v) is 4.12. The number of carbonyl (C=O) groups is 1. The van der Waals surface area contributed by atoms with E-state index in [1.54, 1.807) is 11.3 Å². The number of carbonyl (C=O) groups excluding carboxylic acids is 1. The van der Waals surface area contributed by atoms with Crippen LogP contribution in [0.2, 0.25) is 0 Å². The molecule has 0 bridgehead atoms. The minimum Gasteiger partial charge on any atom is -0.302 e. The summed E-state index contributed by atoms with van der Waals surface area (Å²) in [5, 5.41) is 0.807. The van der Waals surface area contributed by atoms with Crippen molar-refractivity contribution in [2.45, 2.75) is 26.7 Å². The summed E-state index contributed by atoms with van der Waals surface area (Å²) in [6, 6.07) is 18.3. The average molecular weight is 418 g/mol. The van der Waals surface area contributed by atoms with Gasteiger partial charge >= 0.3 is 0 Å². The zero-order chi connectivity index (χ0) is 19.1.